The number of hydrogen-bond donors (Lipinski definition) is 0. The van der Waals surface area contributed by atoms with Crippen molar-refractivity contribution < 1.29 is 4.79 Å². The Labute approximate surface area is 68.6 Å². The average molecular weight is 155 g/mol. The van der Waals surface area contributed by atoms with E-state index < -0.39 is 0 Å². The molecule has 0 aromatic carbocycles. The third kappa shape index (κ3) is 1.80. The molecule has 0 bridgehead atoms. The monoisotopic (exact) mass is 155 g/mol. The molecule has 0 amide bonds. The molecule has 0 aromatic heterocycles. The molecule has 0 unspecified atom stereocenters. The molecule has 0 N–H and O–H groups in total. The number of ketones is 1. The second-order valence-corrected chi connectivity index (χ2v) is 3.61. The minimum atomic E-state index is 0.310. The van der Waals surface area contributed by atoms with Gasteiger partial charge in [-0.05, 0) is 19.9 Å². The number of hydrogen-bond acceptors (Lipinski definition) is 2. The van der Waals surface area contributed by atoms with Crippen LogP contribution in [0, 0.1) is 11.8 Å². The summed E-state index contributed by atoms with van der Waals surface area (Å²) in [6.45, 7) is 5.95. The molecule has 1 heterocycles. The summed E-state index contributed by atoms with van der Waals surface area (Å²) in [4.78, 5) is 13.4. The molecule has 2 nitrogen and oxygen atoms in total. The minimum absolute atomic E-state index is 0.310. The molecule has 1 aliphatic rings. The fraction of sp³-hybridized carbons (Fsp3) is 0.889. The van der Waals surface area contributed by atoms with Crippen LogP contribution in [-0.4, -0.2) is 30.8 Å². The molecule has 1 saturated heterocycles. The van der Waals surface area contributed by atoms with Gasteiger partial charge in [0.15, 0.2) is 0 Å². The molecule has 0 aromatic rings. The first-order valence-corrected chi connectivity index (χ1v) is 4.34. The van der Waals surface area contributed by atoms with Gasteiger partial charge < -0.3 is 4.90 Å². The molecule has 1 rings (SSSR count). The Kier molecular flexibility index (Phi) is 2.66. The largest absolute Gasteiger partial charge is 0.305 e. The Morgan fingerprint density at radius 3 is 2.55 bits per heavy atom. The van der Waals surface area contributed by atoms with Gasteiger partial charge in [-0.25, -0.2) is 0 Å². The zero-order chi connectivity index (χ0) is 8.43. The lowest BCUT2D eigenvalue weighted by molar-refractivity contribution is -0.121. The van der Waals surface area contributed by atoms with E-state index in [0.29, 0.717) is 17.6 Å². The van der Waals surface area contributed by atoms with Crippen LogP contribution in [0.1, 0.15) is 20.3 Å². The Bertz CT molecular complexity index is 156. The Morgan fingerprint density at radius 1 is 1.55 bits per heavy atom. The maximum atomic E-state index is 11.1. The minimum Gasteiger partial charge on any atom is -0.305 e. The lowest BCUT2D eigenvalue weighted by Gasteiger charge is -2.11. The fourth-order valence-corrected chi connectivity index (χ4v) is 1.96. The number of carbonyl (C=O) groups excluding carboxylic acids is 1. The average Bonchev–Trinajstić information content (AvgIpc) is 2.30. The van der Waals surface area contributed by atoms with Crippen LogP contribution in [0.2, 0.25) is 0 Å². The van der Waals surface area contributed by atoms with Crippen LogP contribution in [0.5, 0.6) is 0 Å². The van der Waals surface area contributed by atoms with E-state index in [1.54, 1.807) is 6.92 Å². The summed E-state index contributed by atoms with van der Waals surface area (Å²) in [7, 11) is 2.09. The van der Waals surface area contributed by atoms with Gasteiger partial charge >= 0.3 is 0 Å². The third-order valence-electron chi connectivity index (χ3n) is 2.67. The molecule has 0 spiro atoms. The maximum absolute atomic E-state index is 11.1. The number of likely N-dealkylation sites (tertiary alicyclic amines) is 1. The van der Waals surface area contributed by atoms with Crippen molar-refractivity contribution in [1.82, 2.24) is 4.90 Å². The summed E-state index contributed by atoms with van der Waals surface area (Å²) in [5, 5.41) is 0. The van der Waals surface area contributed by atoms with Crippen molar-refractivity contribution in [3.63, 3.8) is 0 Å². The van der Waals surface area contributed by atoms with Gasteiger partial charge in [0, 0.05) is 19.0 Å². The van der Waals surface area contributed by atoms with Crippen LogP contribution in [-0.2, 0) is 4.79 Å². The highest BCUT2D eigenvalue weighted by molar-refractivity contribution is 5.79. The van der Waals surface area contributed by atoms with Crippen LogP contribution >= 0.6 is 0 Å². The Morgan fingerprint density at radius 2 is 2.18 bits per heavy atom. The van der Waals surface area contributed by atoms with Gasteiger partial charge in [0.1, 0.15) is 5.78 Å². The van der Waals surface area contributed by atoms with Crippen LogP contribution in [0.25, 0.3) is 0 Å². The van der Waals surface area contributed by atoms with Gasteiger partial charge in [-0.2, -0.15) is 0 Å². The molecule has 1 aliphatic heterocycles. The van der Waals surface area contributed by atoms with E-state index in [0.717, 1.165) is 19.5 Å². The standard InChI is InChI=1S/C9H17NO/c1-4-8-5-10(3)6-9(8)7(2)11/h8-9H,4-6H2,1-3H3/t8-,9-/m1/s1. The smallest absolute Gasteiger partial charge is 0.134 e. The van der Waals surface area contributed by atoms with E-state index in [9.17, 15) is 4.79 Å². The fourth-order valence-electron chi connectivity index (χ4n) is 1.96. The lowest BCUT2D eigenvalue weighted by atomic mass is 9.91. The summed E-state index contributed by atoms with van der Waals surface area (Å²) in [6, 6.07) is 0. The summed E-state index contributed by atoms with van der Waals surface area (Å²) in [5.74, 6) is 1.28. The van der Waals surface area contributed by atoms with Gasteiger partial charge in [-0.15, -0.1) is 0 Å². The van der Waals surface area contributed by atoms with Crippen molar-refractivity contribution in [1.29, 1.82) is 0 Å². The van der Waals surface area contributed by atoms with E-state index in [1.165, 1.54) is 0 Å². The quantitative estimate of drug-likeness (QED) is 0.596. The number of Topliss-reactive ketones (excluding diaryl/α,β-unsaturated/α-hetero) is 1. The first-order valence-electron chi connectivity index (χ1n) is 4.34. The molecule has 11 heavy (non-hydrogen) atoms. The molecule has 0 aliphatic carbocycles. The first-order chi connectivity index (χ1) is 5.15. The van der Waals surface area contributed by atoms with E-state index >= 15 is 0 Å². The SMILES string of the molecule is CC[C@@H]1CN(C)C[C@@H]1C(C)=O. The van der Waals surface area contributed by atoms with Crippen molar-refractivity contribution in [3.8, 4) is 0 Å². The molecule has 0 saturated carbocycles. The summed E-state index contributed by atoms with van der Waals surface area (Å²) in [6.07, 6.45) is 1.13. The molecular formula is C9H17NO. The van der Waals surface area contributed by atoms with Gasteiger partial charge in [0.2, 0.25) is 0 Å². The number of nitrogens with zero attached hydrogens (tertiary/aromatic N) is 1. The highest BCUT2D eigenvalue weighted by Gasteiger charge is 2.32. The molecule has 1 fully saturated rings. The predicted octanol–water partition coefficient (Wildman–Crippen LogP) is 1.16. The van der Waals surface area contributed by atoms with Gasteiger partial charge in [-0.1, -0.05) is 13.3 Å². The lowest BCUT2D eigenvalue weighted by Crippen LogP contribution is -2.19. The van der Waals surface area contributed by atoms with E-state index in [2.05, 4.69) is 18.9 Å². The topological polar surface area (TPSA) is 20.3 Å². The van der Waals surface area contributed by atoms with Crippen molar-refractivity contribution in [2.45, 2.75) is 20.3 Å². The van der Waals surface area contributed by atoms with Crippen molar-refractivity contribution in [3.05, 3.63) is 0 Å². The van der Waals surface area contributed by atoms with Crippen LogP contribution in [0.15, 0.2) is 0 Å². The zero-order valence-electron chi connectivity index (χ0n) is 7.63. The van der Waals surface area contributed by atoms with Crippen LogP contribution < -0.4 is 0 Å². The van der Waals surface area contributed by atoms with E-state index in [4.69, 9.17) is 0 Å². The number of carbonyl (C=O) groups is 1. The summed E-state index contributed by atoms with van der Waals surface area (Å²) < 4.78 is 0. The van der Waals surface area contributed by atoms with Crippen LogP contribution in [0.3, 0.4) is 0 Å². The van der Waals surface area contributed by atoms with Crippen molar-refractivity contribution in [2.75, 3.05) is 20.1 Å². The first kappa shape index (κ1) is 8.72. The summed E-state index contributed by atoms with van der Waals surface area (Å²) in [5.41, 5.74) is 0. The number of rotatable bonds is 2. The van der Waals surface area contributed by atoms with Crippen LogP contribution in [0.4, 0.5) is 0 Å². The molecule has 2 heteroatoms. The molecule has 0 radical (unpaired) electrons. The third-order valence-corrected chi connectivity index (χ3v) is 2.67. The van der Waals surface area contributed by atoms with E-state index in [-0.39, 0.29) is 0 Å². The molecule has 2 atom stereocenters. The Hall–Kier alpha value is -0.370. The highest BCUT2D eigenvalue weighted by atomic mass is 16.1. The summed E-state index contributed by atoms with van der Waals surface area (Å²) >= 11 is 0. The maximum Gasteiger partial charge on any atom is 0.134 e. The predicted molar refractivity (Wildman–Crippen MR) is 45.4 cm³/mol. The van der Waals surface area contributed by atoms with Crippen molar-refractivity contribution >= 4 is 5.78 Å². The van der Waals surface area contributed by atoms with E-state index in [1.807, 2.05) is 0 Å². The molecule has 64 valence electrons. The molecular weight excluding hydrogens is 138 g/mol. The van der Waals surface area contributed by atoms with Crippen molar-refractivity contribution in [2.24, 2.45) is 11.8 Å². The van der Waals surface area contributed by atoms with Gasteiger partial charge in [0.05, 0.1) is 0 Å². The van der Waals surface area contributed by atoms with Gasteiger partial charge in [0.25, 0.3) is 0 Å². The highest BCUT2D eigenvalue weighted by Crippen LogP contribution is 2.25. The second-order valence-electron chi connectivity index (χ2n) is 3.61. The zero-order valence-corrected chi connectivity index (χ0v) is 7.63. The second kappa shape index (κ2) is 3.35. The van der Waals surface area contributed by atoms with Gasteiger partial charge in [-0.3, -0.25) is 4.79 Å². The Balaban J connectivity index is 2.57. The normalized spacial score (nSPS) is 32.6.